The van der Waals surface area contributed by atoms with Gasteiger partial charge in [-0.3, -0.25) is 0 Å². The van der Waals surface area contributed by atoms with Crippen LogP contribution in [0.25, 0.3) is 0 Å². The van der Waals surface area contributed by atoms with E-state index in [0.717, 1.165) is 45.6 Å². The second-order valence-electron chi connectivity index (χ2n) is 5.32. The normalized spacial score (nSPS) is 25.1. The van der Waals surface area contributed by atoms with Crippen molar-refractivity contribution in [3.8, 4) is 0 Å². The van der Waals surface area contributed by atoms with Crippen LogP contribution in [0.5, 0.6) is 0 Å². The number of likely N-dealkylation sites (tertiary alicyclic amines) is 1. The zero-order chi connectivity index (χ0) is 12.3. The summed E-state index contributed by atoms with van der Waals surface area (Å²) in [5.41, 5.74) is 0. The Morgan fingerprint density at radius 3 is 2.24 bits per heavy atom. The Labute approximate surface area is 103 Å². The van der Waals surface area contributed by atoms with Crippen molar-refractivity contribution in [2.75, 3.05) is 52.9 Å². The fourth-order valence-electron chi connectivity index (χ4n) is 2.70. The van der Waals surface area contributed by atoms with Gasteiger partial charge in [-0.1, -0.05) is 0 Å². The number of hydrogen-bond donors (Lipinski definition) is 1. The standard InChI is InChI=1S/C12H23N3O2/c1-13-6-8-14(9-7-13)10-11-2-4-15(5-3-11)12(16)17/h11H,2-10H2,1H3,(H,16,17). The lowest BCUT2D eigenvalue weighted by Crippen LogP contribution is -2.47. The first-order valence-electron chi connectivity index (χ1n) is 6.54. The molecule has 0 radical (unpaired) electrons. The van der Waals surface area contributed by atoms with Crippen LogP contribution in [0.1, 0.15) is 12.8 Å². The van der Waals surface area contributed by atoms with Gasteiger partial charge in [0.15, 0.2) is 0 Å². The molecule has 5 nitrogen and oxygen atoms in total. The van der Waals surface area contributed by atoms with Crippen molar-refractivity contribution in [1.82, 2.24) is 14.7 Å². The number of piperazine rings is 1. The van der Waals surface area contributed by atoms with Gasteiger partial charge in [-0.15, -0.1) is 0 Å². The first-order chi connectivity index (χ1) is 8.15. The maximum atomic E-state index is 10.8. The lowest BCUT2D eigenvalue weighted by Gasteiger charge is -2.37. The van der Waals surface area contributed by atoms with Gasteiger partial charge in [0.25, 0.3) is 0 Å². The van der Waals surface area contributed by atoms with Crippen molar-refractivity contribution in [1.29, 1.82) is 0 Å². The average molecular weight is 241 g/mol. The molecule has 2 aliphatic rings. The minimum atomic E-state index is -0.761. The van der Waals surface area contributed by atoms with E-state index in [1.165, 1.54) is 0 Å². The Kier molecular flexibility index (Phi) is 4.23. The third-order valence-corrected chi connectivity index (χ3v) is 4.00. The predicted molar refractivity (Wildman–Crippen MR) is 66.3 cm³/mol. The van der Waals surface area contributed by atoms with Crippen molar-refractivity contribution in [2.45, 2.75) is 12.8 Å². The third kappa shape index (κ3) is 3.57. The molecule has 2 fully saturated rings. The molecule has 0 aromatic carbocycles. The highest BCUT2D eigenvalue weighted by Gasteiger charge is 2.24. The number of carboxylic acid groups (broad SMARTS) is 1. The highest BCUT2D eigenvalue weighted by Crippen LogP contribution is 2.19. The van der Waals surface area contributed by atoms with Crippen molar-refractivity contribution in [3.63, 3.8) is 0 Å². The van der Waals surface area contributed by atoms with E-state index in [-0.39, 0.29) is 0 Å². The topological polar surface area (TPSA) is 47.0 Å². The molecule has 5 heteroatoms. The molecule has 2 saturated heterocycles. The molecule has 2 aliphatic heterocycles. The highest BCUT2D eigenvalue weighted by atomic mass is 16.4. The summed E-state index contributed by atoms with van der Waals surface area (Å²) >= 11 is 0. The third-order valence-electron chi connectivity index (χ3n) is 4.00. The summed E-state index contributed by atoms with van der Waals surface area (Å²) in [4.78, 5) is 17.2. The van der Waals surface area contributed by atoms with E-state index >= 15 is 0 Å². The van der Waals surface area contributed by atoms with Crippen molar-refractivity contribution in [3.05, 3.63) is 0 Å². The van der Waals surface area contributed by atoms with E-state index in [4.69, 9.17) is 5.11 Å². The summed E-state index contributed by atoms with van der Waals surface area (Å²) in [7, 11) is 2.17. The van der Waals surface area contributed by atoms with E-state index in [9.17, 15) is 4.79 Å². The van der Waals surface area contributed by atoms with Gasteiger partial charge in [0.05, 0.1) is 0 Å². The molecule has 0 saturated carbocycles. The number of amides is 1. The van der Waals surface area contributed by atoms with Crippen molar-refractivity contribution >= 4 is 6.09 Å². The molecule has 0 aromatic heterocycles. The Balaban J connectivity index is 1.69. The van der Waals surface area contributed by atoms with Gasteiger partial charge in [-0.25, -0.2) is 4.79 Å². The van der Waals surface area contributed by atoms with Crippen LogP contribution in [0.4, 0.5) is 4.79 Å². The van der Waals surface area contributed by atoms with Crippen molar-refractivity contribution in [2.24, 2.45) is 5.92 Å². The quantitative estimate of drug-likeness (QED) is 0.770. The number of piperidine rings is 1. The summed E-state index contributed by atoms with van der Waals surface area (Å²) < 4.78 is 0. The van der Waals surface area contributed by atoms with Crippen LogP contribution in [0.15, 0.2) is 0 Å². The number of nitrogens with zero attached hydrogens (tertiary/aromatic N) is 3. The van der Waals surface area contributed by atoms with Crippen LogP contribution in [0, 0.1) is 5.92 Å². The molecule has 0 atom stereocenters. The summed E-state index contributed by atoms with van der Waals surface area (Å²) in [6.07, 6.45) is 1.29. The summed E-state index contributed by atoms with van der Waals surface area (Å²) in [5, 5.41) is 8.89. The Hall–Kier alpha value is -0.810. The van der Waals surface area contributed by atoms with Crippen LogP contribution in [0.3, 0.4) is 0 Å². The van der Waals surface area contributed by atoms with Gasteiger partial charge in [0.1, 0.15) is 0 Å². The van der Waals surface area contributed by atoms with Crippen LogP contribution >= 0.6 is 0 Å². The van der Waals surface area contributed by atoms with E-state index in [0.29, 0.717) is 19.0 Å². The van der Waals surface area contributed by atoms with Gasteiger partial charge < -0.3 is 19.8 Å². The highest BCUT2D eigenvalue weighted by molar-refractivity contribution is 5.64. The predicted octanol–water partition coefficient (Wildman–Crippen LogP) is 0.624. The molecule has 1 amide bonds. The monoisotopic (exact) mass is 241 g/mol. The average Bonchev–Trinajstić information content (AvgIpc) is 2.33. The Morgan fingerprint density at radius 1 is 1.12 bits per heavy atom. The van der Waals surface area contributed by atoms with Gasteiger partial charge in [0, 0.05) is 45.8 Å². The Morgan fingerprint density at radius 2 is 1.71 bits per heavy atom. The summed E-state index contributed by atoms with van der Waals surface area (Å²) in [5.74, 6) is 0.689. The van der Waals surface area contributed by atoms with Crippen LogP contribution in [0.2, 0.25) is 0 Å². The lowest BCUT2D eigenvalue weighted by molar-refractivity contribution is 0.0969. The fraction of sp³-hybridized carbons (Fsp3) is 0.917. The van der Waals surface area contributed by atoms with Crippen LogP contribution in [-0.4, -0.2) is 78.8 Å². The van der Waals surface area contributed by atoms with Gasteiger partial charge in [0.2, 0.25) is 0 Å². The maximum absolute atomic E-state index is 10.8. The molecule has 1 N–H and O–H groups in total. The molecule has 0 spiro atoms. The molecule has 2 rings (SSSR count). The van der Waals surface area contributed by atoms with Gasteiger partial charge >= 0.3 is 6.09 Å². The molecule has 0 aromatic rings. The molecule has 98 valence electrons. The summed E-state index contributed by atoms with van der Waals surface area (Å²) in [6.45, 7) is 7.23. The minimum Gasteiger partial charge on any atom is -0.465 e. The van der Waals surface area contributed by atoms with Gasteiger partial charge in [-0.2, -0.15) is 0 Å². The SMILES string of the molecule is CN1CCN(CC2CCN(C(=O)O)CC2)CC1. The molecular weight excluding hydrogens is 218 g/mol. The summed E-state index contributed by atoms with van der Waals surface area (Å²) in [6, 6.07) is 0. The smallest absolute Gasteiger partial charge is 0.407 e. The minimum absolute atomic E-state index is 0.689. The molecule has 0 unspecified atom stereocenters. The lowest BCUT2D eigenvalue weighted by atomic mass is 9.96. The van der Waals surface area contributed by atoms with Gasteiger partial charge in [-0.05, 0) is 25.8 Å². The van der Waals surface area contributed by atoms with E-state index in [1.807, 2.05) is 0 Å². The van der Waals surface area contributed by atoms with E-state index in [2.05, 4.69) is 16.8 Å². The molecule has 2 heterocycles. The number of likely N-dealkylation sites (N-methyl/N-ethyl adjacent to an activating group) is 1. The van der Waals surface area contributed by atoms with Crippen LogP contribution < -0.4 is 0 Å². The number of carbonyl (C=O) groups is 1. The molecule has 0 bridgehead atoms. The first kappa shape index (κ1) is 12.6. The maximum Gasteiger partial charge on any atom is 0.407 e. The van der Waals surface area contributed by atoms with E-state index in [1.54, 1.807) is 4.90 Å². The second kappa shape index (κ2) is 5.69. The molecular formula is C12H23N3O2. The first-order valence-corrected chi connectivity index (χ1v) is 6.54. The molecule has 17 heavy (non-hydrogen) atoms. The van der Waals surface area contributed by atoms with Crippen LogP contribution in [-0.2, 0) is 0 Å². The van der Waals surface area contributed by atoms with Crippen molar-refractivity contribution < 1.29 is 9.90 Å². The second-order valence-corrected chi connectivity index (χ2v) is 5.32. The van der Waals surface area contributed by atoms with E-state index < -0.39 is 6.09 Å². The fourth-order valence-corrected chi connectivity index (χ4v) is 2.70. The number of rotatable bonds is 2. The Bertz CT molecular complexity index is 256. The zero-order valence-electron chi connectivity index (χ0n) is 10.6. The molecule has 0 aliphatic carbocycles. The largest absolute Gasteiger partial charge is 0.465 e. The number of hydrogen-bond acceptors (Lipinski definition) is 3. The zero-order valence-corrected chi connectivity index (χ0v) is 10.6.